The van der Waals surface area contributed by atoms with Gasteiger partial charge in [-0.2, -0.15) is 0 Å². The van der Waals surface area contributed by atoms with Gasteiger partial charge < -0.3 is 9.47 Å². The van der Waals surface area contributed by atoms with Crippen molar-refractivity contribution in [2.24, 2.45) is 0 Å². The summed E-state index contributed by atoms with van der Waals surface area (Å²) >= 11 is 0. The first-order valence-electron chi connectivity index (χ1n) is 7.59. The molecule has 1 amide bonds. The third-order valence-electron chi connectivity index (χ3n) is 4.42. The van der Waals surface area contributed by atoms with Crippen LogP contribution in [0, 0.1) is 6.92 Å². The second-order valence-corrected chi connectivity index (χ2v) is 8.29. The Hall–Kier alpha value is -2.08. The van der Waals surface area contributed by atoms with E-state index in [1.807, 2.05) is 48.1 Å². The number of hydrogen-bond donors (Lipinski definition) is 0. The zero-order valence-corrected chi connectivity index (χ0v) is 14.1. The minimum absolute atomic E-state index is 0.0611. The highest BCUT2D eigenvalue weighted by atomic mass is 32.2. The summed E-state index contributed by atoms with van der Waals surface area (Å²) in [5, 5.41) is 0. The normalized spacial score (nSPS) is 19.7. The molecule has 0 radical (unpaired) electrons. The van der Waals surface area contributed by atoms with Gasteiger partial charge in [0, 0.05) is 36.7 Å². The number of hydrogen-bond acceptors (Lipinski definition) is 3. The van der Waals surface area contributed by atoms with Crippen molar-refractivity contribution in [1.82, 2.24) is 9.47 Å². The van der Waals surface area contributed by atoms with Crippen molar-refractivity contribution in [1.29, 1.82) is 0 Å². The van der Waals surface area contributed by atoms with Crippen LogP contribution in [-0.2, 0) is 9.84 Å². The van der Waals surface area contributed by atoms with Crippen molar-refractivity contribution in [3.8, 4) is 5.69 Å². The average molecular weight is 332 g/mol. The fourth-order valence-electron chi connectivity index (χ4n) is 2.97. The maximum atomic E-state index is 12.7. The van der Waals surface area contributed by atoms with Gasteiger partial charge in [0.25, 0.3) is 5.91 Å². The standard InChI is InChI=1S/C17H20N2O3S/c1-13-5-6-14(11-16(13)19-8-3-4-9-19)17(20)18(2)15-7-10-23(21,22)12-15/h3-6,8-9,11,15H,7,10,12H2,1-2H3. The predicted molar refractivity (Wildman–Crippen MR) is 89.7 cm³/mol. The monoisotopic (exact) mass is 332 g/mol. The molecule has 3 rings (SSSR count). The lowest BCUT2D eigenvalue weighted by Gasteiger charge is -2.24. The van der Waals surface area contributed by atoms with E-state index in [1.54, 1.807) is 18.0 Å². The van der Waals surface area contributed by atoms with Crippen molar-refractivity contribution in [2.75, 3.05) is 18.6 Å². The van der Waals surface area contributed by atoms with E-state index in [4.69, 9.17) is 0 Å². The molecule has 2 heterocycles. The topological polar surface area (TPSA) is 59.4 Å². The highest BCUT2D eigenvalue weighted by Gasteiger charge is 2.33. The summed E-state index contributed by atoms with van der Waals surface area (Å²) in [6.45, 7) is 2.00. The van der Waals surface area contributed by atoms with Crippen LogP contribution >= 0.6 is 0 Å². The minimum atomic E-state index is -3.00. The SMILES string of the molecule is Cc1ccc(C(=O)N(C)C2CCS(=O)(=O)C2)cc1-n1cccc1. The third-order valence-corrected chi connectivity index (χ3v) is 6.17. The smallest absolute Gasteiger partial charge is 0.253 e. The molecule has 0 N–H and O–H groups in total. The first-order valence-corrected chi connectivity index (χ1v) is 9.41. The molecular weight excluding hydrogens is 312 g/mol. The number of carbonyl (C=O) groups is 1. The molecule has 1 unspecified atom stereocenters. The van der Waals surface area contributed by atoms with Gasteiger partial charge >= 0.3 is 0 Å². The molecule has 0 saturated carbocycles. The lowest BCUT2D eigenvalue weighted by molar-refractivity contribution is 0.0747. The zero-order chi connectivity index (χ0) is 16.6. The third kappa shape index (κ3) is 3.17. The molecule has 1 atom stereocenters. The first kappa shape index (κ1) is 15.8. The Kier molecular flexibility index (Phi) is 4.02. The van der Waals surface area contributed by atoms with Gasteiger partial charge in [-0.05, 0) is 43.2 Å². The summed E-state index contributed by atoms with van der Waals surface area (Å²) in [6.07, 6.45) is 4.38. The summed E-state index contributed by atoms with van der Waals surface area (Å²) in [5.74, 6) is 0.0871. The lowest BCUT2D eigenvalue weighted by Crippen LogP contribution is -2.37. The molecule has 0 bridgehead atoms. The van der Waals surface area contributed by atoms with Gasteiger partial charge in [0.15, 0.2) is 9.84 Å². The van der Waals surface area contributed by atoms with Crippen LogP contribution in [0.5, 0.6) is 0 Å². The predicted octanol–water partition coefficient (Wildman–Crippen LogP) is 2.04. The highest BCUT2D eigenvalue weighted by molar-refractivity contribution is 7.91. The molecule has 2 aromatic rings. The average Bonchev–Trinajstić information content (AvgIpc) is 3.15. The Balaban J connectivity index is 1.87. The molecule has 1 aliphatic heterocycles. The number of benzene rings is 1. The number of aromatic nitrogens is 1. The van der Waals surface area contributed by atoms with Gasteiger partial charge in [0.1, 0.15) is 0 Å². The van der Waals surface area contributed by atoms with Crippen molar-refractivity contribution < 1.29 is 13.2 Å². The molecule has 1 aliphatic rings. The van der Waals surface area contributed by atoms with Gasteiger partial charge in [0.2, 0.25) is 0 Å². The molecule has 1 aromatic heterocycles. The largest absolute Gasteiger partial charge is 0.338 e. The molecule has 1 saturated heterocycles. The quantitative estimate of drug-likeness (QED) is 0.864. The van der Waals surface area contributed by atoms with E-state index in [0.29, 0.717) is 12.0 Å². The van der Waals surface area contributed by atoms with Crippen LogP contribution in [0.2, 0.25) is 0 Å². The van der Waals surface area contributed by atoms with Crippen molar-refractivity contribution >= 4 is 15.7 Å². The summed E-state index contributed by atoms with van der Waals surface area (Å²) < 4.78 is 25.2. The van der Waals surface area contributed by atoms with Crippen LogP contribution in [0.1, 0.15) is 22.3 Å². The van der Waals surface area contributed by atoms with E-state index < -0.39 is 9.84 Å². The Morgan fingerprint density at radius 3 is 2.57 bits per heavy atom. The second kappa shape index (κ2) is 5.85. The van der Waals surface area contributed by atoms with Gasteiger partial charge in [-0.25, -0.2) is 8.42 Å². The molecule has 1 aromatic carbocycles. The maximum absolute atomic E-state index is 12.7. The minimum Gasteiger partial charge on any atom is -0.338 e. The Morgan fingerprint density at radius 2 is 1.96 bits per heavy atom. The number of nitrogens with zero attached hydrogens (tertiary/aromatic N) is 2. The molecule has 0 spiro atoms. The van der Waals surface area contributed by atoms with Crippen LogP contribution in [0.25, 0.3) is 5.69 Å². The number of rotatable bonds is 3. The van der Waals surface area contributed by atoms with Gasteiger partial charge in [-0.1, -0.05) is 6.07 Å². The van der Waals surface area contributed by atoms with E-state index in [1.165, 1.54) is 0 Å². The van der Waals surface area contributed by atoms with Crippen molar-refractivity contribution in [3.63, 3.8) is 0 Å². The lowest BCUT2D eigenvalue weighted by atomic mass is 10.1. The molecule has 0 aliphatic carbocycles. The number of sulfone groups is 1. The van der Waals surface area contributed by atoms with E-state index in [2.05, 4.69) is 0 Å². The van der Waals surface area contributed by atoms with Crippen LogP contribution in [0.3, 0.4) is 0 Å². The van der Waals surface area contributed by atoms with Gasteiger partial charge in [-0.15, -0.1) is 0 Å². The highest BCUT2D eigenvalue weighted by Crippen LogP contribution is 2.21. The molecule has 23 heavy (non-hydrogen) atoms. The Bertz CT molecular complexity index is 826. The number of amides is 1. The first-order chi connectivity index (χ1) is 10.9. The summed E-state index contributed by atoms with van der Waals surface area (Å²) in [4.78, 5) is 14.3. The van der Waals surface area contributed by atoms with E-state index in [0.717, 1.165) is 11.3 Å². The summed E-state index contributed by atoms with van der Waals surface area (Å²) in [5.41, 5.74) is 2.60. The van der Waals surface area contributed by atoms with Crippen LogP contribution in [-0.4, -0.2) is 48.4 Å². The Morgan fingerprint density at radius 1 is 1.26 bits per heavy atom. The summed E-state index contributed by atoms with van der Waals surface area (Å²) in [7, 11) is -1.32. The summed E-state index contributed by atoms with van der Waals surface area (Å²) in [6, 6.07) is 9.21. The van der Waals surface area contributed by atoms with E-state index in [-0.39, 0.29) is 23.5 Å². The fraction of sp³-hybridized carbons (Fsp3) is 0.353. The van der Waals surface area contributed by atoms with E-state index in [9.17, 15) is 13.2 Å². The van der Waals surface area contributed by atoms with Crippen LogP contribution in [0.15, 0.2) is 42.7 Å². The Labute approximate surface area is 136 Å². The zero-order valence-electron chi connectivity index (χ0n) is 13.3. The molecule has 5 nitrogen and oxygen atoms in total. The molecule has 6 heteroatoms. The van der Waals surface area contributed by atoms with Crippen LogP contribution in [0.4, 0.5) is 0 Å². The van der Waals surface area contributed by atoms with Crippen molar-refractivity contribution in [3.05, 3.63) is 53.9 Å². The van der Waals surface area contributed by atoms with E-state index >= 15 is 0 Å². The number of aryl methyl sites for hydroxylation is 1. The molecule has 122 valence electrons. The number of carbonyl (C=O) groups excluding carboxylic acids is 1. The maximum Gasteiger partial charge on any atom is 0.253 e. The van der Waals surface area contributed by atoms with Crippen LogP contribution < -0.4 is 0 Å². The molecule has 1 fully saturated rings. The fourth-order valence-corrected chi connectivity index (χ4v) is 4.74. The van der Waals surface area contributed by atoms with Gasteiger partial charge in [0.05, 0.1) is 11.5 Å². The second-order valence-electron chi connectivity index (χ2n) is 6.06. The van der Waals surface area contributed by atoms with Gasteiger partial charge in [-0.3, -0.25) is 4.79 Å². The van der Waals surface area contributed by atoms with Crippen molar-refractivity contribution in [2.45, 2.75) is 19.4 Å². The molecular formula is C17H20N2O3S.